The summed E-state index contributed by atoms with van der Waals surface area (Å²) in [6.45, 7) is 7.11. The van der Waals surface area contributed by atoms with Gasteiger partial charge in [-0.25, -0.2) is 4.79 Å². The molecule has 1 aromatic carbocycles. The van der Waals surface area contributed by atoms with E-state index in [0.717, 1.165) is 11.1 Å². The predicted octanol–water partition coefficient (Wildman–Crippen LogP) is 2.64. The Labute approximate surface area is 124 Å². The molecule has 2 rings (SSSR count). The van der Waals surface area contributed by atoms with Gasteiger partial charge in [0.1, 0.15) is 11.4 Å². The first-order valence-corrected chi connectivity index (χ1v) is 6.98. The van der Waals surface area contributed by atoms with Crippen LogP contribution in [0.2, 0.25) is 0 Å². The number of hydrogen-bond donors (Lipinski definition) is 1. The van der Waals surface area contributed by atoms with E-state index in [2.05, 4.69) is 0 Å². The number of rotatable bonds is 1. The average molecular weight is 291 g/mol. The standard InChI is InChI=1S/C16H21NO4/c1-10(18)14-8-11-5-6-13(19)7-12(11)9-17(14)15(20)21-16(2,3)4/h5-7,14,19H,8-9H2,1-4H3. The van der Waals surface area contributed by atoms with Gasteiger partial charge < -0.3 is 9.84 Å². The van der Waals surface area contributed by atoms with Crippen molar-refractivity contribution in [1.29, 1.82) is 0 Å². The van der Waals surface area contributed by atoms with Crippen molar-refractivity contribution in [2.24, 2.45) is 0 Å². The molecule has 5 nitrogen and oxygen atoms in total. The summed E-state index contributed by atoms with van der Waals surface area (Å²) in [6.07, 6.45) is -0.0545. The monoisotopic (exact) mass is 291 g/mol. The van der Waals surface area contributed by atoms with E-state index >= 15 is 0 Å². The van der Waals surface area contributed by atoms with Gasteiger partial charge in [0.15, 0.2) is 5.78 Å². The number of aromatic hydroxyl groups is 1. The minimum Gasteiger partial charge on any atom is -0.508 e. The quantitative estimate of drug-likeness (QED) is 0.863. The van der Waals surface area contributed by atoms with Crippen LogP contribution in [0.15, 0.2) is 18.2 Å². The Hall–Kier alpha value is -2.04. The molecule has 1 N–H and O–H groups in total. The number of ketones is 1. The third kappa shape index (κ3) is 3.54. The van der Waals surface area contributed by atoms with Crippen molar-refractivity contribution in [2.75, 3.05) is 0 Å². The number of nitrogens with zero attached hydrogens (tertiary/aromatic N) is 1. The van der Waals surface area contributed by atoms with Gasteiger partial charge in [-0.1, -0.05) is 6.07 Å². The van der Waals surface area contributed by atoms with Crippen LogP contribution in [0.3, 0.4) is 0 Å². The zero-order valence-electron chi connectivity index (χ0n) is 12.8. The van der Waals surface area contributed by atoms with Crippen molar-refractivity contribution in [2.45, 2.75) is 52.3 Å². The van der Waals surface area contributed by atoms with Gasteiger partial charge in [-0.3, -0.25) is 9.69 Å². The zero-order valence-corrected chi connectivity index (χ0v) is 12.8. The van der Waals surface area contributed by atoms with Crippen LogP contribution in [0, 0.1) is 0 Å². The van der Waals surface area contributed by atoms with Gasteiger partial charge in [-0.15, -0.1) is 0 Å². The summed E-state index contributed by atoms with van der Waals surface area (Å²) >= 11 is 0. The molecule has 1 unspecified atom stereocenters. The Morgan fingerprint density at radius 3 is 2.52 bits per heavy atom. The smallest absolute Gasteiger partial charge is 0.411 e. The molecule has 0 saturated heterocycles. The average Bonchev–Trinajstić information content (AvgIpc) is 2.34. The third-order valence-electron chi connectivity index (χ3n) is 3.42. The van der Waals surface area contributed by atoms with Crippen molar-refractivity contribution in [1.82, 2.24) is 4.90 Å². The van der Waals surface area contributed by atoms with E-state index in [0.29, 0.717) is 6.42 Å². The highest BCUT2D eigenvalue weighted by molar-refractivity contribution is 5.86. The van der Waals surface area contributed by atoms with Gasteiger partial charge in [0.25, 0.3) is 0 Å². The number of Topliss-reactive ketones (excluding diaryl/α,β-unsaturated/α-hetero) is 1. The summed E-state index contributed by atoms with van der Waals surface area (Å²) in [4.78, 5) is 25.6. The largest absolute Gasteiger partial charge is 0.508 e. The van der Waals surface area contributed by atoms with Crippen molar-refractivity contribution in [3.05, 3.63) is 29.3 Å². The SMILES string of the molecule is CC(=O)C1Cc2ccc(O)cc2CN1C(=O)OC(C)(C)C. The van der Waals surface area contributed by atoms with E-state index in [1.807, 2.05) is 0 Å². The minimum absolute atomic E-state index is 0.0698. The highest BCUT2D eigenvalue weighted by atomic mass is 16.6. The first-order valence-electron chi connectivity index (χ1n) is 6.98. The van der Waals surface area contributed by atoms with Crippen molar-refractivity contribution in [3.63, 3.8) is 0 Å². The Bertz CT molecular complexity index is 574. The number of ether oxygens (including phenoxy) is 1. The van der Waals surface area contributed by atoms with E-state index in [1.165, 1.54) is 11.8 Å². The molecule has 0 fully saturated rings. The van der Waals surface area contributed by atoms with Crippen LogP contribution in [0.1, 0.15) is 38.8 Å². The van der Waals surface area contributed by atoms with Crippen molar-refractivity contribution < 1.29 is 19.4 Å². The maximum absolute atomic E-state index is 12.3. The number of phenols is 1. The molecule has 1 aliphatic rings. The van der Waals surface area contributed by atoms with Crippen LogP contribution in [0.5, 0.6) is 5.75 Å². The van der Waals surface area contributed by atoms with E-state index in [-0.39, 0.29) is 18.1 Å². The van der Waals surface area contributed by atoms with Crippen LogP contribution < -0.4 is 0 Å². The Balaban J connectivity index is 2.30. The molecule has 1 heterocycles. The summed E-state index contributed by atoms with van der Waals surface area (Å²) in [5, 5.41) is 9.57. The van der Waals surface area contributed by atoms with Gasteiger partial charge in [0, 0.05) is 6.42 Å². The van der Waals surface area contributed by atoms with Crippen LogP contribution in [0.4, 0.5) is 4.79 Å². The molecule has 5 heteroatoms. The Morgan fingerprint density at radius 2 is 1.95 bits per heavy atom. The van der Waals surface area contributed by atoms with Gasteiger partial charge >= 0.3 is 6.09 Å². The number of fused-ring (bicyclic) bond motifs is 1. The molecular weight excluding hydrogens is 270 g/mol. The first-order chi connectivity index (χ1) is 9.67. The molecule has 1 amide bonds. The number of phenolic OH excluding ortho intramolecular Hbond substituents is 1. The predicted molar refractivity (Wildman–Crippen MR) is 78.1 cm³/mol. The highest BCUT2D eigenvalue weighted by Gasteiger charge is 2.35. The van der Waals surface area contributed by atoms with E-state index in [1.54, 1.807) is 39.0 Å². The summed E-state index contributed by atoms with van der Waals surface area (Å²) in [7, 11) is 0. The summed E-state index contributed by atoms with van der Waals surface area (Å²) < 4.78 is 5.38. The maximum atomic E-state index is 12.3. The molecule has 0 aromatic heterocycles. The number of carbonyl (C=O) groups is 2. The lowest BCUT2D eigenvalue weighted by atomic mass is 9.92. The molecule has 114 valence electrons. The molecule has 1 aromatic rings. The summed E-state index contributed by atoms with van der Waals surface area (Å²) in [5.74, 6) is 0.0822. The molecule has 1 aliphatic heterocycles. The Kier molecular flexibility index (Phi) is 3.94. The lowest BCUT2D eigenvalue weighted by molar-refractivity contribution is -0.122. The van der Waals surface area contributed by atoms with Gasteiger partial charge in [-0.05, 0) is 51.0 Å². The molecule has 0 radical (unpaired) electrons. The van der Waals surface area contributed by atoms with Crippen LogP contribution >= 0.6 is 0 Å². The fourth-order valence-electron chi connectivity index (χ4n) is 2.45. The van der Waals surface area contributed by atoms with E-state index in [4.69, 9.17) is 4.74 Å². The minimum atomic E-state index is -0.614. The third-order valence-corrected chi connectivity index (χ3v) is 3.42. The second-order valence-electron chi connectivity index (χ2n) is 6.39. The van der Waals surface area contributed by atoms with E-state index < -0.39 is 17.7 Å². The fourth-order valence-corrected chi connectivity index (χ4v) is 2.45. The lowest BCUT2D eigenvalue weighted by Gasteiger charge is -2.36. The number of hydrogen-bond acceptors (Lipinski definition) is 4. The van der Waals surface area contributed by atoms with E-state index in [9.17, 15) is 14.7 Å². The number of benzene rings is 1. The highest BCUT2D eigenvalue weighted by Crippen LogP contribution is 2.28. The summed E-state index contributed by atoms with van der Waals surface area (Å²) in [5.41, 5.74) is 1.21. The zero-order chi connectivity index (χ0) is 15.8. The van der Waals surface area contributed by atoms with Crippen LogP contribution in [0.25, 0.3) is 0 Å². The molecule has 0 saturated carbocycles. The molecule has 21 heavy (non-hydrogen) atoms. The van der Waals surface area contributed by atoms with Gasteiger partial charge in [0.2, 0.25) is 0 Å². The van der Waals surface area contributed by atoms with Gasteiger partial charge in [-0.2, -0.15) is 0 Å². The second-order valence-corrected chi connectivity index (χ2v) is 6.39. The van der Waals surface area contributed by atoms with Crippen molar-refractivity contribution >= 4 is 11.9 Å². The topological polar surface area (TPSA) is 66.8 Å². The van der Waals surface area contributed by atoms with Gasteiger partial charge in [0.05, 0.1) is 12.6 Å². The number of amides is 1. The Morgan fingerprint density at radius 1 is 1.29 bits per heavy atom. The lowest BCUT2D eigenvalue weighted by Crippen LogP contribution is -2.49. The number of carbonyl (C=O) groups excluding carboxylic acids is 2. The fraction of sp³-hybridized carbons (Fsp3) is 0.500. The second kappa shape index (κ2) is 5.39. The van der Waals surface area contributed by atoms with Crippen LogP contribution in [-0.2, 0) is 22.5 Å². The van der Waals surface area contributed by atoms with Crippen molar-refractivity contribution in [3.8, 4) is 5.75 Å². The van der Waals surface area contributed by atoms with Crippen LogP contribution in [-0.4, -0.2) is 33.5 Å². The summed E-state index contributed by atoms with van der Waals surface area (Å²) in [6, 6.07) is 4.51. The normalized spacial score (nSPS) is 18.1. The maximum Gasteiger partial charge on any atom is 0.411 e. The first kappa shape index (κ1) is 15.4. The molecule has 0 aliphatic carbocycles. The molecular formula is C16H21NO4. The molecule has 1 atom stereocenters. The molecule has 0 bridgehead atoms. The molecule has 0 spiro atoms.